The molecule has 0 saturated carbocycles. The Morgan fingerprint density at radius 2 is 2.00 bits per heavy atom. The van der Waals surface area contributed by atoms with E-state index in [2.05, 4.69) is 19.4 Å². The minimum Gasteiger partial charge on any atom is -0.463 e. The van der Waals surface area contributed by atoms with Gasteiger partial charge in [-0.05, 0) is 17.3 Å². The molecule has 1 aromatic heterocycles. The number of methoxy groups -OCH3 is 1. The Morgan fingerprint density at radius 3 is 2.59 bits per heavy atom. The molecule has 7 heteroatoms. The molecule has 0 atom stereocenters. The van der Waals surface area contributed by atoms with E-state index in [1.54, 1.807) is 0 Å². The summed E-state index contributed by atoms with van der Waals surface area (Å²) in [5.41, 5.74) is -0.477. The number of halogens is 2. The summed E-state index contributed by atoms with van der Waals surface area (Å²) in [5, 5.41) is 3.25. The van der Waals surface area contributed by atoms with Crippen molar-refractivity contribution in [3.63, 3.8) is 0 Å². The number of esters is 1. The van der Waals surface area contributed by atoms with Crippen LogP contribution < -0.4 is 0 Å². The van der Waals surface area contributed by atoms with Gasteiger partial charge >= 0.3 is 5.97 Å². The Bertz CT molecular complexity index is 548. The molecule has 2 aromatic rings. The predicted molar refractivity (Wildman–Crippen MR) is 51.0 cm³/mol. The highest BCUT2D eigenvalue weighted by atomic mass is 19.1. The van der Waals surface area contributed by atoms with Crippen LogP contribution in [0.3, 0.4) is 0 Å². The maximum absolute atomic E-state index is 13.3. The SMILES string of the molecule is COC(=O)c1noc(-c2c(F)cccc2F)n1. The minimum atomic E-state index is -0.856. The number of carbonyl (C=O) groups is 1. The van der Waals surface area contributed by atoms with Crippen molar-refractivity contribution in [2.45, 2.75) is 0 Å². The van der Waals surface area contributed by atoms with Gasteiger partial charge < -0.3 is 9.26 Å². The van der Waals surface area contributed by atoms with Crippen LogP contribution in [0.15, 0.2) is 22.7 Å². The summed E-state index contributed by atoms with van der Waals surface area (Å²) >= 11 is 0. The Labute approximate surface area is 94.0 Å². The van der Waals surface area contributed by atoms with E-state index in [-0.39, 0.29) is 0 Å². The fraction of sp³-hybridized carbons (Fsp3) is 0.100. The zero-order chi connectivity index (χ0) is 12.4. The number of ether oxygens (including phenoxy) is 1. The zero-order valence-corrected chi connectivity index (χ0v) is 8.61. The van der Waals surface area contributed by atoms with Gasteiger partial charge in [0, 0.05) is 0 Å². The standard InChI is InChI=1S/C10H6F2N2O3/c1-16-10(15)8-13-9(17-14-8)7-5(11)3-2-4-6(7)12/h2-4H,1H3. The predicted octanol–water partition coefficient (Wildman–Crippen LogP) is 1.80. The van der Waals surface area contributed by atoms with Crippen LogP contribution in [0.25, 0.3) is 11.5 Å². The molecule has 0 unspecified atom stereocenters. The van der Waals surface area contributed by atoms with Gasteiger partial charge in [-0.2, -0.15) is 4.98 Å². The van der Waals surface area contributed by atoms with Gasteiger partial charge in [-0.1, -0.05) is 6.07 Å². The highest BCUT2D eigenvalue weighted by Crippen LogP contribution is 2.24. The summed E-state index contributed by atoms with van der Waals surface area (Å²) < 4.78 is 35.6. The maximum Gasteiger partial charge on any atom is 0.379 e. The van der Waals surface area contributed by atoms with E-state index in [4.69, 9.17) is 0 Å². The van der Waals surface area contributed by atoms with Gasteiger partial charge in [0.15, 0.2) is 0 Å². The molecule has 1 heterocycles. The monoisotopic (exact) mass is 240 g/mol. The Kier molecular flexibility index (Phi) is 2.82. The quantitative estimate of drug-likeness (QED) is 0.749. The van der Waals surface area contributed by atoms with Crippen molar-refractivity contribution < 1.29 is 22.8 Å². The molecule has 0 amide bonds. The van der Waals surface area contributed by atoms with Gasteiger partial charge in [0.1, 0.15) is 17.2 Å². The van der Waals surface area contributed by atoms with E-state index >= 15 is 0 Å². The topological polar surface area (TPSA) is 65.2 Å². The maximum atomic E-state index is 13.3. The first-order chi connectivity index (χ1) is 8.13. The average Bonchev–Trinajstić information content (AvgIpc) is 2.77. The Balaban J connectivity index is 2.47. The van der Waals surface area contributed by atoms with Crippen LogP contribution in [-0.4, -0.2) is 23.2 Å². The number of benzene rings is 1. The first kappa shape index (κ1) is 11.2. The van der Waals surface area contributed by atoms with E-state index in [1.165, 1.54) is 6.07 Å². The van der Waals surface area contributed by atoms with E-state index in [1.807, 2.05) is 0 Å². The van der Waals surface area contributed by atoms with Crippen LogP contribution in [0.5, 0.6) is 0 Å². The number of nitrogens with zero attached hydrogens (tertiary/aromatic N) is 2. The third-order valence-electron chi connectivity index (χ3n) is 1.97. The lowest BCUT2D eigenvalue weighted by Gasteiger charge is -1.97. The average molecular weight is 240 g/mol. The smallest absolute Gasteiger partial charge is 0.379 e. The Hall–Kier alpha value is -2.31. The molecule has 5 nitrogen and oxygen atoms in total. The first-order valence-corrected chi connectivity index (χ1v) is 4.50. The third kappa shape index (κ3) is 1.99. The van der Waals surface area contributed by atoms with Crippen molar-refractivity contribution in [1.82, 2.24) is 10.1 Å². The molecule has 17 heavy (non-hydrogen) atoms. The van der Waals surface area contributed by atoms with Gasteiger partial charge in [0.05, 0.1) is 7.11 Å². The van der Waals surface area contributed by atoms with Gasteiger partial charge in [-0.3, -0.25) is 0 Å². The number of aromatic nitrogens is 2. The van der Waals surface area contributed by atoms with E-state index in [0.29, 0.717) is 0 Å². The van der Waals surface area contributed by atoms with Crippen LogP contribution in [-0.2, 0) is 4.74 Å². The summed E-state index contributed by atoms with van der Waals surface area (Å²) in [5.74, 6) is -3.38. The van der Waals surface area contributed by atoms with Crippen molar-refractivity contribution in [3.8, 4) is 11.5 Å². The van der Waals surface area contributed by atoms with Crippen LogP contribution in [0, 0.1) is 11.6 Å². The van der Waals surface area contributed by atoms with Crippen LogP contribution >= 0.6 is 0 Å². The van der Waals surface area contributed by atoms with E-state index in [0.717, 1.165) is 19.2 Å². The number of carbonyl (C=O) groups excluding carboxylic acids is 1. The van der Waals surface area contributed by atoms with Gasteiger partial charge in [-0.25, -0.2) is 13.6 Å². The van der Waals surface area contributed by atoms with Crippen molar-refractivity contribution in [1.29, 1.82) is 0 Å². The molecule has 88 valence electrons. The molecule has 0 fully saturated rings. The summed E-state index contributed by atoms with van der Waals surface area (Å²) in [7, 11) is 1.13. The molecular formula is C10H6F2N2O3. The van der Waals surface area contributed by atoms with Gasteiger partial charge in [-0.15, -0.1) is 0 Å². The molecule has 0 bridgehead atoms. The normalized spacial score (nSPS) is 10.3. The van der Waals surface area contributed by atoms with Crippen LogP contribution in [0.1, 0.15) is 10.6 Å². The molecule has 0 spiro atoms. The molecule has 0 saturated heterocycles. The fourth-order valence-electron chi connectivity index (χ4n) is 1.20. The summed E-state index contributed by atoms with van der Waals surface area (Å²) in [6, 6.07) is 3.28. The number of rotatable bonds is 2. The third-order valence-corrected chi connectivity index (χ3v) is 1.97. The molecule has 0 radical (unpaired) electrons. The van der Waals surface area contributed by atoms with Crippen LogP contribution in [0.4, 0.5) is 8.78 Å². The van der Waals surface area contributed by atoms with Gasteiger partial charge in [0.25, 0.3) is 11.7 Å². The lowest BCUT2D eigenvalue weighted by Crippen LogP contribution is -2.03. The second-order valence-electron chi connectivity index (χ2n) is 3.01. The zero-order valence-electron chi connectivity index (χ0n) is 8.61. The highest BCUT2D eigenvalue weighted by Gasteiger charge is 2.21. The minimum absolute atomic E-state index is 0.398. The lowest BCUT2D eigenvalue weighted by molar-refractivity contribution is 0.0583. The summed E-state index contributed by atoms with van der Waals surface area (Å²) in [4.78, 5) is 14.6. The van der Waals surface area contributed by atoms with Crippen molar-refractivity contribution in [3.05, 3.63) is 35.7 Å². The number of hydrogen-bond acceptors (Lipinski definition) is 5. The molecule has 1 aromatic carbocycles. The second kappa shape index (κ2) is 4.28. The summed E-state index contributed by atoms with van der Waals surface area (Å²) in [6.07, 6.45) is 0. The molecule has 0 aliphatic rings. The Morgan fingerprint density at radius 1 is 1.35 bits per heavy atom. The lowest BCUT2D eigenvalue weighted by atomic mass is 10.2. The number of hydrogen-bond donors (Lipinski definition) is 0. The van der Waals surface area contributed by atoms with E-state index < -0.39 is 34.9 Å². The highest BCUT2D eigenvalue weighted by molar-refractivity contribution is 5.85. The van der Waals surface area contributed by atoms with Crippen molar-refractivity contribution >= 4 is 5.97 Å². The van der Waals surface area contributed by atoms with Gasteiger partial charge in [0.2, 0.25) is 0 Å². The van der Waals surface area contributed by atoms with Crippen molar-refractivity contribution in [2.75, 3.05) is 7.11 Å². The molecular weight excluding hydrogens is 234 g/mol. The van der Waals surface area contributed by atoms with Crippen molar-refractivity contribution in [2.24, 2.45) is 0 Å². The largest absolute Gasteiger partial charge is 0.463 e. The molecule has 2 rings (SSSR count). The molecule has 0 aliphatic heterocycles. The second-order valence-corrected chi connectivity index (χ2v) is 3.01. The molecule has 0 aliphatic carbocycles. The summed E-state index contributed by atoms with van der Waals surface area (Å²) in [6.45, 7) is 0. The molecule has 0 N–H and O–H groups in total. The fourth-order valence-corrected chi connectivity index (χ4v) is 1.20. The van der Waals surface area contributed by atoms with Crippen LogP contribution in [0.2, 0.25) is 0 Å². The first-order valence-electron chi connectivity index (χ1n) is 4.50. The van der Waals surface area contributed by atoms with E-state index in [9.17, 15) is 13.6 Å².